The van der Waals surface area contributed by atoms with Gasteiger partial charge in [-0.3, -0.25) is 14.4 Å². The van der Waals surface area contributed by atoms with Crippen molar-refractivity contribution in [2.75, 3.05) is 11.9 Å². The van der Waals surface area contributed by atoms with E-state index in [1.165, 1.54) is 89.9 Å². The smallest absolute Gasteiger partial charge is 0.322 e. The van der Waals surface area contributed by atoms with Crippen LogP contribution in [0.3, 0.4) is 0 Å². The molecule has 3 N–H and O–H groups in total. The molecule has 0 saturated heterocycles. The number of unbranched alkanes of at least 4 members (excludes halogenated alkanes) is 16. The normalized spacial score (nSPS) is 10.8. The minimum absolute atomic E-state index is 0.121. The first-order chi connectivity index (χ1) is 17.0. The highest BCUT2D eigenvalue weighted by molar-refractivity contribution is 6.04. The van der Waals surface area contributed by atoms with Crippen LogP contribution >= 0.6 is 0 Å². The maximum Gasteiger partial charge on any atom is 0.322 e. The maximum atomic E-state index is 12.3. The number of carbonyl (C=O) groups is 3. The van der Waals surface area contributed by atoms with E-state index in [0.29, 0.717) is 12.1 Å². The number of nitrogens with one attached hydrogen (secondary N) is 2. The molecule has 1 rings (SSSR count). The molecule has 1 aromatic rings. The summed E-state index contributed by atoms with van der Waals surface area (Å²) in [6.45, 7) is 1.81. The molecule has 35 heavy (non-hydrogen) atoms. The van der Waals surface area contributed by atoms with Gasteiger partial charge in [-0.1, -0.05) is 122 Å². The lowest BCUT2D eigenvalue weighted by atomic mass is 10.0. The van der Waals surface area contributed by atoms with Gasteiger partial charge in [0.15, 0.2) is 0 Å². The number of carbonyl (C=O) groups excluding carboxylic acids is 2. The molecular formula is C29H48N2O4. The molecular weight excluding hydrogens is 440 g/mol. The summed E-state index contributed by atoms with van der Waals surface area (Å²) < 4.78 is 0. The number of hydrogen-bond acceptors (Lipinski definition) is 3. The number of rotatable bonds is 22. The van der Waals surface area contributed by atoms with Gasteiger partial charge in [0.25, 0.3) is 5.91 Å². The second-order valence-electron chi connectivity index (χ2n) is 9.58. The molecule has 0 spiro atoms. The van der Waals surface area contributed by atoms with Crippen LogP contribution in [-0.4, -0.2) is 29.4 Å². The Kier molecular flexibility index (Phi) is 18.4. The number of carboxylic acids is 1. The van der Waals surface area contributed by atoms with Gasteiger partial charge >= 0.3 is 5.97 Å². The van der Waals surface area contributed by atoms with Crippen molar-refractivity contribution >= 4 is 23.5 Å². The van der Waals surface area contributed by atoms with Crippen LogP contribution in [-0.2, 0) is 9.59 Å². The fourth-order valence-electron chi connectivity index (χ4n) is 4.26. The van der Waals surface area contributed by atoms with Gasteiger partial charge in [0, 0.05) is 6.42 Å². The van der Waals surface area contributed by atoms with Gasteiger partial charge in [-0.15, -0.1) is 0 Å². The molecule has 0 heterocycles. The molecule has 0 bridgehead atoms. The summed E-state index contributed by atoms with van der Waals surface area (Å²) in [7, 11) is 0. The number of amides is 2. The van der Waals surface area contributed by atoms with Gasteiger partial charge in [-0.25, -0.2) is 0 Å². The Bertz CT molecular complexity index is 720. The Morgan fingerprint density at radius 3 is 1.63 bits per heavy atom. The first kappa shape index (κ1) is 30.7. The van der Waals surface area contributed by atoms with Crippen molar-refractivity contribution in [1.82, 2.24) is 5.32 Å². The van der Waals surface area contributed by atoms with E-state index in [2.05, 4.69) is 17.6 Å². The Labute approximate surface area is 212 Å². The molecule has 0 saturated carbocycles. The molecule has 0 radical (unpaired) electrons. The van der Waals surface area contributed by atoms with Crippen molar-refractivity contribution in [1.29, 1.82) is 0 Å². The molecule has 0 fully saturated rings. The van der Waals surface area contributed by atoms with E-state index in [1.54, 1.807) is 24.3 Å². The largest absolute Gasteiger partial charge is 0.480 e. The zero-order valence-electron chi connectivity index (χ0n) is 21.9. The monoisotopic (exact) mass is 488 g/mol. The summed E-state index contributed by atoms with van der Waals surface area (Å²) in [5.74, 6) is -1.75. The van der Waals surface area contributed by atoms with E-state index in [4.69, 9.17) is 5.11 Å². The summed E-state index contributed by atoms with van der Waals surface area (Å²) in [5.41, 5.74) is 0.678. The Balaban J connectivity index is 2.00. The van der Waals surface area contributed by atoms with E-state index >= 15 is 0 Å². The molecule has 0 unspecified atom stereocenters. The Morgan fingerprint density at radius 2 is 1.14 bits per heavy atom. The minimum atomic E-state index is -1.11. The van der Waals surface area contributed by atoms with Crippen molar-refractivity contribution in [3.05, 3.63) is 29.8 Å². The van der Waals surface area contributed by atoms with Gasteiger partial charge in [-0.2, -0.15) is 0 Å². The average Bonchev–Trinajstić information content (AvgIpc) is 2.84. The quantitative estimate of drug-likeness (QED) is 0.147. The van der Waals surface area contributed by atoms with E-state index in [9.17, 15) is 14.4 Å². The summed E-state index contributed by atoms with van der Waals surface area (Å²) >= 11 is 0. The van der Waals surface area contributed by atoms with Gasteiger partial charge < -0.3 is 15.7 Å². The molecule has 0 aliphatic heterocycles. The van der Waals surface area contributed by atoms with E-state index in [1.807, 2.05) is 0 Å². The molecule has 0 atom stereocenters. The second kappa shape index (κ2) is 21.0. The van der Waals surface area contributed by atoms with E-state index in [-0.39, 0.29) is 11.5 Å². The molecule has 6 nitrogen and oxygen atoms in total. The summed E-state index contributed by atoms with van der Waals surface area (Å²) in [6, 6.07) is 6.64. The first-order valence-corrected chi connectivity index (χ1v) is 13.9. The number of carboxylic acid groups (broad SMARTS) is 1. The van der Waals surface area contributed by atoms with Crippen molar-refractivity contribution in [2.24, 2.45) is 0 Å². The topological polar surface area (TPSA) is 95.5 Å². The van der Waals surface area contributed by atoms with Crippen LogP contribution in [0.1, 0.15) is 133 Å². The standard InChI is InChI=1S/C29H48N2O4/c1-2-3-4-5-6-7-8-9-10-11-12-13-14-15-16-17-18-23-27(32)31-26-22-20-19-21-25(26)29(35)30-24-28(33)34/h19-22H,2-18,23-24H2,1H3,(H,30,35)(H,31,32)(H,33,34). The molecule has 198 valence electrons. The SMILES string of the molecule is CCCCCCCCCCCCCCCCCCCC(=O)Nc1ccccc1C(=O)NCC(=O)O. The third kappa shape index (κ3) is 16.8. The summed E-state index contributed by atoms with van der Waals surface area (Å²) in [4.78, 5) is 35.1. The number of benzene rings is 1. The zero-order chi connectivity index (χ0) is 25.6. The lowest BCUT2D eigenvalue weighted by Crippen LogP contribution is -2.30. The zero-order valence-corrected chi connectivity index (χ0v) is 21.9. The van der Waals surface area contributed by atoms with Gasteiger partial charge in [0.1, 0.15) is 6.54 Å². The molecule has 0 aliphatic rings. The van der Waals surface area contributed by atoms with Crippen molar-refractivity contribution in [3.8, 4) is 0 Å². The predicted molar refractivity (Wildman–Crippen MR) is 144 cm³/mol. The van der Waals surface area contributed by atoms with E-state index in [0.717, 1.165) is 19.3 Å². The number of anilines is 1. The summed E-state index contributed by atoms with van der Waals surface area (Å²) in [6.07, 6.45) is 22.5. The molecule has 0 aromatic heterocycles. The molecule has 2 amide bonds. The molecule has 1 aromatic carbocycles. The van der Waals surface area contributed by atoms with Gasteiger partial charge in [0.2, 0.25) is 5.91 Å². The van der Waals surface area contributed by atoms with Crippen LogP contribution in [0.4, 0.5) is 5.69 Å². The molecule has 6 heteroatoms. The van der Waals surface area contributed by atoms with Crippen molar-refractivity contribution in [2.45, 2.75) is 122 Å². The number of hydrogen-bond donors (Lipinski definition) is 3. The first-order valence-electron chi connectivity index (χ1n) is 13.9. The fraction of sp³-hybridized carbons (Fsp3) is 0.690. The number of aliphatic carboxylic acids is 1. The highest BCUT2D eigenvalue weighted by atomic mass is 16.4. The third-order valence-electron chi connectivity index (χ3n) is 6.35. The Morgan fingerprint density at radius 1 is 0.686 bits per heavy atom. The maximum absolute atomic E-state index is 12.3. The third-order valence-corrected chi connectivity index (χ3v) is 6.35. The van der Waals surface area contributed by atoms with Crippen LogP contribution in [0.5, 0.6) is 0 Å². The highest BCUT2D eigenvalue weighted by Crippen LogP contribution is 2.17. The highest BCUT2D eigenvalue weighted by Gasteiger charge is 2.13. The molecule has 0 aliphatic carbocycles. The summed E-state index contributed by atoms with van der Waals surface area (Å²) in [5, 5.41) is 13.8. The lowest BCUT2D eigenvalue weighted by Gasteiger charge is -2.10. The second-order valence-corrected chi connectivity index (χ2v) is 9.58. The van der Waals surface area contributed by atoms with Crippen LogP contribution in [0.2, 0.25) is 0 Å². The predicted octanol–water partition coefficient (Wildman–Crippen LogP) is 7.48. The van der Waals surface area contributed by atoms with Gasteiger partial charge in [-0.05, 0) is 18.6 Å². The van der Waals surface area contributed by atoms with E-state index < -0.39 is 18.4 Å². The average molecular weight is 489 g/mol. The minimum Gasteiger partial charge on any atom is -0.480 e. The Hall–Kier alpha value is -2.37. The van der Waals surface area contributed by atoms with Crippen LogP contribution in [0.15, 0.2) is 24.3 Å². The van der Waals surface area contributed by atoms with Crippen LogP contribution in [0.25, 0.3) is 0 Å². The number of para-hydroxylation sites is 1. The van der Waals surface area contributed by atoms with Crippen molar-refractivity contribution < 1.29 is 19.5 Å². The van der Waals surface area contributed by atoms with Crippen LogP contribution in [0, 0.1) is 0 Å². The fourth-order valence-corrected chi connectivity index (χ4v) is 4.26. The van der Waals surface area contributed by atoms with Crippen molar-refractivity contribution in [3.63, 3.8) is 0 Å². The lowest BCUT2D eigenvalue weighted by molar-refractivity contribution is -0.135. The van der Waals surface area contributed by atoms with Gasteiger partial charge in [0.05, 0.1) is 11.3 Å². The van der Waals surface area contributed by atoms with Crippen LogP contribution < -0.4 is 10.6 Å².